The van der Waals surface area contributed by atoms with E-state index < -0.39 is 24.4 Å². The molecule has 0 aromatic heterocycles. The molecule has 0 aliphatic heterocycles. The Kier molecular flexibility index (Phi) is 3.18. The first kappa shape index (κ1) is 9.26. The fourth-order valence-corrected chi connectivity index (χ4v) is 0.372. The number of aldehydes is 1. The lowest BCUT2D eigenvalue weighted by atomic mass is 9.89. The average Bonchev–Trinajstić information content (AvgIpc) is 2.01. The number of rotatable bonds is 4. The molecule has 2 N–H and O–H groups in total. The largest absolute Gasteiger partial charge is 0.395 e. The molecule has 0 aliphatic carbocycles. The molecule has 4 nitrogen and oxygen atoms in total. The number of ketones is 1. The highest BCUT2D eigenvalue weighted by Gasteiger charge is 2.30. The van der Waals surface area contributed by atoms with Crippen molar-refractivity contribution >= 4 is 12.1 Å². The third-order valence-electron chi connectivity index (χ3n) is 1.37. The highest BCUT2D eigenvalue weighted by Crippen LogP contribution is 2.11. The highest BCUT2D eigenvalue weighted by atomic mass is 16.3. The van der Waals surface area contributed by atoms with E-state index in [-0.39, 0.29) is 0 Å². The first-order valence-corrected chi connectivity index (χ1v) is 2.82. The summed E-state index contributed by atoms with van der Waals surface area (Å²) in [5.41, 5.74) is -1.42. The summed E-state index contributed by atoms with van der Waals surface area (Å²) in [6, 6.07) is 0. The van der Waals surface area contributed by atoms with E-state index in [9.17, 15) is 9.59 Å². The summed E-state index contributed by atoms with van der Waals surface area (Å²) in [6.45, 7) is 0.00421. The van der Waals surface area contributed by atoms with Gasteiger partial charge in [0.05, 0.1) is 6.61 Å². The van der Waals surface area contributed by atoms with E-state index in [1.165, 1.54) is 6.92 Å². The van der Waals surface area contributed by atoms with Crippen LogP contribution in [0.15, 0.2) is 0 Å². The number of aliphatic hydroxyl groups is 2. The van der Waals surface area contributed by atoms with Gasteiger partial charge in [0.2, 0.25) is 0 Å². The lowest BCUT2D eigenvalue weighted by Crippen LogP contribution is -2.35. The minimum Gasteiger partial charge on any atom is -0.395 e. The van der Waals surface area contributed by atoms with Crippen LogP contribution in [0.4, 0.5) is 0 Å². The molecule has 0 bridgehead atoms. The van der Waals surface area contributed by atoms with Gasteiger partial charge in [0.25, 0.3) is 0 Å². The molecule has 10 heavy (non-hydrogen) atoms. The highest BCUT2D eigenvalue weighted by molar-refractivity contribution is 5.98. The zero-order valence-corrected chi connectivity index (χ0v) is 5.70. The van der Waals surface area contributed by atoms with E-state index in [4.69, 9.17) is 10.2 Å². The predicted octanol–water partition coefficient (Wildman–Crippen LogP) is -1.25. The van der Waals surface area contributed by atoms with Gasteiger partial charge in [-0.05, 0) is 6.92 Å². The van der Waals surface area contributed by atoms with Crippen LogP contribution in [0.3, 0.4) is 0 Å². The van der Waals surface area contributed by atoms with Gasteiger partial charge < -0.3 is 15.0 Å². The Morgan fingerprint density at radius 2 is 2.10 bits per heavy atom. The quantitative estimate of drug-likeness (QED) is 0.383. The van der Waals surface area contributed by atoms with Crippen molar-refractivity contribution in [1.82, 2.24) is 0 Å². The molecule has 0 radical (unpaired) electrons. The molecule has 0 aliphatic rings. The van der Waals surface area contributed by atoms with Gasteiger partial charge in [-0.25, -0.2) is 0 Å². The number of carbonyl (C=O) groups is 2. The second-order valence-electron chi connectivity index (χ2n) is 2.27. The van der Waals surface area contributed by atoms with Crippen LogP contribution in [0.25, 0.3) is 0 Å². The summed E-state index contributed by atoms with van der Waals surface area (Å²) < 4.78 is 0. The number of carbonyl (C=O) groups excluding carboxylic acids is 2. The zero-order chi connectivity index (χ0) is 8.20. The summed E-state index contributed by atoms with van der Waals surface area (Å²) in [6.07, 6.45) is 0.339. The summed E-state index contributed by atoms with van der Waals surface area (Å²) in [5, 5.41) is 16.8. The van der Waals surface area contributed by atoms with Crippen LogP contribution in [-0.2, 0) is 9.59 Å². The summed E-state index contributed by atoms with van der Waals surface area (Å²) in [4.78, 5) is 20.8. The molecule has 0 aromatic carbocycles. The van der Waals surface area contributed by atoms with E-state index >= 15 is 0 Å². The molecule has 0 rings (SSSR count). The third-order valence-corrected chi connectivity index (χ3v) is 1.37. The lowest BCUT2D eigenvalue weighted by molar-refractivity contribution is -0.138. The van der Waals surface area contributed by atoms with E-state index in [0.717, 1.165) is 0 Å². The Morgan fingerprint density at radius 1 is 1.60 bits per heavy atom. The molecule has 0 amide bonds. The van der Waals surface area contributed by atoms with Crippen molar-refractivity contribution in [2.75, 3.05) is 13.2 Å². The van der Waals surface area contributed by atoms with Crippen molar-refractivity contribution in [3.8, 4) is 0 Å². The molecule has 4 heteroatoms. The molecule has 0 aromatic rings. The Hall–Kier alpha value is -0.740. The minimum absolute atomic E-state index is 0.339. The van der Waals surface area contributed by atoms with Gasteiger partial charge >= 0.3 is 0 Å². The first-order valence-electron chi connectivity index (χ1n) is 2.82. The maximum absolute atomic E-state index is 10.7. The van der Waals surface area contributed by atoms with Crippen molar-refractivity contribution in [3.63, 3.8) is 0 Å². The van der Waals surface area contributed by atoms with Gasteiger partial charge in [0.15, 0.2) is 5.78 Å². The molecule has 0 saturated carbocycles. The Bertz CT molecular complexity index is 143. The molecule has 1 unspecified atom stereocenters. The normalized spacial score (nSPS) is 15.9. The molecular formula is C6H10O4. The van der Waals surface area contributed by atoms with E-state index in [1.54, 1.807) is 0 Å². The number of hydrogen-bond donors (Lipinski definition) is 2. The van der Waals surface area contributed by atoms with Gasteiger partial charge in [-0.3, -0.25) is 4.79 Å². The van der Waals surface area contributed by atoms with Crippen LogP contribution < -0.4 is 0 Å². The predicted molar refractivity (Wildman–Crippen MR) is 33.3 cm³/mol. The second-order valence-corrected chi connectivity index (χ2v) is 2.27. The van der Waals surface area contributed by atoms with Crippen molar-refractivity contribution < 1.29 is 19.8 Å². The van der Waals surface area contributed by atoms with Gasteiger partial charge in [-0.1, -0.05) is 0 Å². The van der Waals surface area contributed by atoms with Crippen molar-refractivity contribution in [2.45, 2.75) is 6.92 Å². The number of hydrogen-bond acceptors (Lipinski definition) is 4. The molecule has 0 fully saturated rings. The van der Waals surface area contributed by atoms with Crippen molar-refractivity contribution in [1.29, 1.82) is 0 Å². The lowest BCUT2D eigenvalue weighted by Gasteiger charge is -2.15. The molecule has 0 heterocycles. The van der Waals surface area contributed by atoms with Crippen LogP contribution in [-0.4, -0.2) is 35.5 Å². The zero-order valence-electron chi connectivity index (χ0n) is 5.70. The Balaban J connectivity index is 4.31. The fourth-order valence-electron chi connectivity index (χ4n) is 0.372. The second kappa shape index (κ2) is 3.43. The van der Waals surface area contributed by atoms with Crippen LogP contribution >= 0.6 is 0 Å². The van der Waals surface area contributed by atoms with Gasteiger partial charge in [-0.2, -0.15) is 0 Å². The van der Waals surface area contributed by atoms with Crippen LogP contribution in [0.2, 0.25) is 0 Å². The molecule has 0 spiro atoms. The van der Waals surface area contributed by atoms with Gasteiger partial charge in [-0.15, -0.1) is 0 Å². The van der Waals surface area contributed by atoms with E-state index in [1.807, 2.05) is 0 Å². The molecular weight excluding hydrogens is 136 g/mol. The Morgan fingerprint density at radius 3 is 2.20 bits per heavy atom. The summed E-state index contributed by atoms with van der Waals surface area (Å²) in [7, 11) is 0. The summed E-state index contributed by atoms with van der Waals surface area (Å²) >= 11 is 0. The SMILES string of the molecule is CC(C=O)(CO)C(=O)CO. The van der Waals surface area contributed by atoms with Gasteiger partial charge in [0.1, 0.15) is 18.3 Å². The number of aliphatic hydroxyl groups excluding tert-OH is 2. The molecule has 0 saturated heterocycles. The van der Waals surface area contributed by atoms with E-state index in [0.29, 0.717) is 6.29 Å². The van der Waals surface area contributed by atoms with Crippen molar-refractivity contribution in [3.05, 3.63) is 0 Å². The molecule has 1 atom stereocenters. The average molecular weight is 146 g/mol. The Labute approximate surface area is 58.5 Å². The molecule has 58 valence electrons. The van der Waals surface area contributed by atoms with E-state index in [2.05, 4.69) is 0 Å². The van der Waals surface area contributed by atoms with Crippen LogP contribution in [0.5, 0.6) is 0 Å². The van der Waals surface area contributed by atoms with Crippen molar-refractivity contribution in [2.24, 2.45) is 5.41 Å². The van der Waals surface area contributed by atoms with Crippen LogP contribution in [0, 0.1) is 5.41 Å². The fraction of sp³-hybridized carbons (Fsp3) is 0.667. The topological polar surface area (TPSA) is 74.6 Å². The monoisotopic (exact) mass is 146 g/mol. The minimum atomic E-state index is -1.42. The maximum atomic E-state index is 10.7. The van der Waals surface area contributed by atoms with Crippen LogP contribution in [0.1, 0.15) is 6.92 Å². The smallest absolute Gasteiger partial charge is 0.173 e. The standard InChI is InChI=1S/C6H10O4/c1-6(3-8,4-9)5(10)2-7/h3,7,9H,2,4H2,1H3. The third kappa shape index (κ3) is 1.62. The van der Waals surface area contributed by atoms with Gasteiger partial charge in [0, 0.05) is 0 Å². The maximum Gasteiger partial charge on any atom is 0.173 e. The number of Topliss-reactive ketones (excluding diaryl/α,β-unsaturated/α-hetero) is 1. The first-order chi connectivity index (χ1) is 4.60. The summed E-state index contributed by atoms with van der Waals surface area (Å²) in [5.74, 6) is -0.662.